The van der Waals surface area contributed by atoms with Crippen molar-refractivity contribution in [2.45, 2.75) is 0 Å². The topological polar surface area (TPSA) is 52.8 Å². The molecule has 2 aromatic rings. The SMILES string of the molecule is c1cnc(-c2nccc[nH+]2)nc1. The molecule has 0 bridgehead atoms. The molecule has 58 valence electrons. The number of hydrogen-bond donors (Lipinski definition) is 0. The largest absolute Gasteiger partial charge is 0.365 e. The van der Waals surface area contributed by atoms with Crippen molar-refractivity contribution >= 4 is 0 Å². The van der Waals surface area contributed by atoms with Crippen molar-refractivity contribution in [2.75, 3.05) is 0 Å². The summed E-state index contributed by atoms with van der Waals surface area (Å²) in [5, 5.41) is 0. The van der Waals surface area contributed by atoms with Gasteiger partial charge in [0, 0.05) is 18.5 Å². The number of aromatic amines is 1. The third-order valence-corrected chi connectivity index (χ3v) is 1.38. The molecule has 4 heteroatoms. The number of H-pyrrole nitrogens is 1. The van der Waals surface area contributed by atoms with E-state index >= 15 is 0 Å². The van der Waals surface area contributed by atoms with E-state index in [0.29, 0.717) is 11.6 Å². The number of nitrogens with zero attached hydrogens (tertiary/aromatic N) is 3. The van der Waals surface area contributed by atoms with Crippen LogP contribution in [-0.4, -0.2) is 15.0 Å². The molecule has 0 spiro atoms. The van der Waals surface area contributed by atoms with Crippen LogP contribution in [-0.2, 0) is 0 Å². The van der Waals surface area contributed by atoms with Crippen molar-refractivity contribution in [2.24, 2.45) is 0 Å². The summed E-state index contributed by atoms with van der Waals surface area (Å²) >= 11 is 0. The lowest BCUT2D eigenvalue weighted by molar-refractivity contribution is -0.369. The molecule has 2 aromatic heterocycles. The van der Waals surface area contributed by atoms with Crippen molar-refractivity contribution in [1.82, 2.24) is 15.0 Å². The summed E-state index contributed by atoms with van der Waals surface area (Å²) in [7, 11) is 0. The van der Waals surface area contributed by atoms with Gasteiger partial charge in [-0.15, -0.1) is 0 Å². The summed E-state index contributed by atoms with van der Waals surface area (Å²) in [6.07, 6.45) is 6.86. The van der Waals surface area contributed by atoms with Crippen LogP contribution in [0.25, 0.3) is 11.6 Å². The van der Waals surface area contributed by atoms with E-state index in [1.54, 1.807) is 30.9 Å². The molecular weight excluding hydrogens is 152 g/mol. The standard InChI is InChI=1S/C8H6N4/c1-3-9-7(10-4-1)8-11-5-2-6-12-8/h1-6H/p+1. The Morgan fingerprint density at radius 2 is 1.67 bits per heavy atom. The molecular formula is C8H7N4+. The zero-order valence-corrected chi connectivity index (χ0v) is 6.31. The van der Waals surface area contributed by atoms with Gasteiger partial charge in [-0.3, -0.25) is 0 Å². The van der Waals surface area contributed by atoms with Crippen LogP contribution in [0.1, 0.15) is 0 Å². The van der Waals surface area contributed by atoms with Crippen molar-refractivity contribution in [3.05, 3.63) is 36.9 Å². The molecule has 0 aliphatic carbocycles. The van der Waals surface area contributed by atoms with Gasteiger partial charge in [-0.2, -0.15) is 0 Å². The Hall–Kier alpha value is -1.84. The molecule has 2 heterocycles. The molecule has 0 fully saturated rings. The Bertz CT molecular complexity index is 308. The van der Waals surface area contributed by atoms with E-state index in [-0.39, 0.29) is 0 Å². The van der Waals surface area contributed by atoms with Gasteiger partial charge < -0.3 is 0 Å². The summed E-state index contributed by atoms with van der Waals surface area (Å²) in [6.45, 7) is 0. The minimum Gasteiger partial charge on any atom is -0.241 e. The van der Waals surface area contributed by atoms with Gasteiger partial charge in [0.25, 0.3) is 0 Å². The molecule has 0 aliphatic rings. The van der Waals surface area contributed by atoms with E-state index in [2.05, 4.69) is 19.9 Å². The van der Waals surface area contributed by atoms with E-state index in [9.17, 15) is 0 Å². The maximum absolute atomic E-state index is 4.07. The highest BCUT2D eigenvalue weighted by molar-refractivity contribution is 5.35. The molecule has 0 unspecified atom stereocenters. The zero-order valence-electron chi connectivity index (χ0n) is 6.31. The second-order valence-corrected chi connectivity index (χ2v) is 2.20. The summed E-state index contributed by atoms with van der Waals surface area (Å²) < 4.78 is 0. The molecule has 0 aromatic carbocycles. The third-order valence-electron chi connectivity index (χ3n) is 1.38. The molecule has 0 radical (unpaired) electrons. The first kappa shape index (κ1) is 6.84. The predicted octanol–water partition coefficient (Wildman–Crippen LogP) is 0.353. The Morgan fingerprint density at radius 3 is 2.33 bits per heavy atom. The molecule has 1 N–H and O–H groups in total. The highest BCUT2D eigenvalue weighted by Gasteiger charge is 2.08. The van der Waals surface area contributed by atoms with Crippen molar-refractivity contribution in [1.29, 1.82) is 0 Å². The van der Waals surface area contributed by atoms with Gasteiger partial charge in [0.15, 0.2) is 0 Å². The van der Waals surface area contributed by atoms with Crippen LogP contribution in [0.4, 0.5) is 0 Å². The molecule has 12 heavy (non-hydrogen) atoms. The maximum Gasteiger partial charge on any atom is 0.365 e. The van der Waals surface area contributed by atoms with E-state index in [4.69, 9.17) is 0 Å². The minimum atomic E-state index is 0.609. The lowest BCUT2D eigenvalue weighted by Crippen LogP contribution is -2.09. The van der Waals surface area contributed by atoms with Gasteiger partial charge in [-0.05, 0) is 11.1 Å². The Morgan fingerprint density at radius 1 is 0.917 bits per heavy atom. The molecule has 0 saturated carbocycles. The summed E-state index contributed by atoms with van der Waals surface area (Å²) in [4.78, 5) is 15.1. The highest BCUT2D eigenvalue weighted by Crippen LogP contribution is 2.00. The molecule has 0 atom stereocenters. The fourth-order valence-corrected chi connectivity index (χ4v) is 0.869. The maximum atomic E-state index is 4.07. The molecule has 0 amide bonds. The second kappa shape index (κ2) is 3.04. The fraction of sp³-hybridized carbons (Fsp3) is 0. The van der Waals surface area contributed by atoms with Gasteiger partial charge in [0.2, 0.25) is 5.82 Å². The minimum absolute atomic E-state index is 0.609. The molecule has 0 aliphatic heterocycles. The van der Waals surface area contributed by atoms with Gasteiger partial charge in [-0.25, -0.2) is 15.0 Å². The number of aromatic nitrogens is 4. The number of hydrogen-bond acceptors (Lipinski definition) is 3. The molecule has 4 nitrogen and oxygen atoms in total. The van der Waals surface area contributed by atoms with Gasteiger partial charge in [0.1, 0.15) is 6.20 Å². The first-order valence-electron chi connectivity index (χ1n) is 3.57. The lowest BCUT2D eigenvalue weighted by atomic mass is 10.5. The van der Waals surface area contributed by atoms with Crippen LogP contribution in [0.3, 0.4) is 0 Å². The Kier molecular flexibility index (Phi) is 1.74. The summed E-state index contributed by atoms with van der Waals surface area (Å²) in [5.41, 5.74) is 0. The Labute approximate surface area is 69.4 Å². The van der Waals surface area contributed by atoms with Crippen LogP contribution in [0.5, 0.6) is 0 Å². The first-order valence-corrected chi connectivity index (χ1v) is 3.57. The summed E-state index contributed by atoms with van der Waals surface area (Å²) in [6, 6.07) is 3.58. The molecule has 0 saturated heterocycles. The van der Waals surface area contributed by atoms with Crippen molar-refractivity contribution < 1.29 is 4.98 Å². The number of rotatable bonds is 1. The van der Waals surface area contributed by atoms with Gasteiger partial charge in [0.05, 0.1) is 6.20 Å². The Balaban J connectivity index is 2.46. The normalized spacial score (nSPS) is 9.67. The fourth-order valence-electron chi connectivity index (χ4n) is 0.869. The monoisotopic (exact) mass is 159 g/mol. The van der Waals surface area contributed by atoms with E-state index in [1.165, 1.54) is 0 Å². The van der Waals surface area contributed by atoms with Crippen LogP contribution >= 0.6 is 0 Å². The lowest BCUT2D eigenvalue weighted by Gasteiger charge is -1.87. The van der Waals surface area contributed by atoms with Crippen molar-refractivity contribution in [3.63, 3.8) is 0 Å². The first-order chi connectivity index (χ1) is 5.97. The highest BCUT2D eigenvalue weighted by atomic mass is 15.0. The van der Waals surface area contributed by atoms with Gasteiger partial charge in [-0.1, -0.05) is 0 Å². The number of nitrogens with one attached hydrogen (secondary N) is 1. The zero-order chi connectivity index (χ0) is 8.23. The smallest absolute Gasteiger partial charge is 0.241 e. The van der Waals surface area contributed by atoms with Crippen LogP contribution in [0.2, 0.25) is 0 Å². The van der Waals surface area contributed by atoms with E-state index in [1.807, 2.05) is 6.07 Å². The average molecular weight is 159 g/mol. The quantitative estimate of drug-likeness (QED) is 0.603. The van der Waals surface area contributed by atoms with Crippen LogP contribution in [0.15, 0.2) is 36.9 Å². The van der Waals surface area contributed by atoms with Crippen molar-refractivity contribution in [3.8, 4) is 11.6 Å². The van der Waals surface area contributed by atoms with Crippen LogP contribution < -0.4 is 4.98 Å². The second-order valence-electron chi connectivity index (χ2n) is 2.20. The average Bonchev–Trinajstić information content (AvgIpc) is 2.21. The van der Waals surface area contributed by atoms with E-state index < -0.39 is 0 Å². The van der Waals surface area contributed by atoms with E-state index in [0.717, 1.165) is 0 Å². The third kappa shape index (κ3) is 1.27. The van der Waals surface area contributed by atoms with Crippen LogP contribution in [0, 0.1) is 0 Å². The molecule has 2 rings (SSSR count). The van der Waals surface area contributed by atoms with Gasteiger partial charge >= 0.3 is 5.82 Å². The predicted molar refractivity (Wildman–Crippen MR) is 41.8 cm³/mol. The summed E-state index contributed by atoms with van der Waals surface area (Å²) in [5.74, 6) is 1.29.